The van der Waals surface area contributed by atoms with Crippen LogP contribution in [-0.2, 0) is 30.4 Å². The number of anilines is 1. The molecule has 266 valence electrons. The van der Waals surface area contributed by atoms with Crippen LogP contribution in [0.2, 0.25) is 0 Å². The van der Waals surface area contributed by atoms with Gasteiger partial charge in [0, 0.05) is 49.1 Å². The van der Waals surface area contributed by atoms with E-state index < -0.39 is 17.2 Å². The van der Waals surface area contributed by atoms with Crippen LogP contribution in [0.3, 0.4) is 0 Å². The number of nitrogens with one attached hydrogen (secondary N) is 2. The topological polar surface area (TPSA) is 148 Å². The Morgan fingerprint density at radius 1 is 0.959 bits per heavy atom. The summed E-state index contributed by atoms with van der Waals surface area (Å²) >= 11 is 0. The van der Waals surface area contributed by atoms with E-state index in [1.54, 1.807) is 4.90 Å². The third-order valence-corrected chi connectivity index (χ3v) is 8.69. The molecule has 4 rings (SSSR count). The Balaban J connectivity index is 1.41. The van der Waals surface area contributed by atoms with Gasteiger partial charge in [0.05, 0.1) is 30.5 Å². The molecule has 12 heteroatoms. The van der Waals surface area contributed by atoms with E-state index in [4.69, 9.17) is 9.47 Å². The molecular weight excluding hydrogens is 624 g/mol. The minimum atomic E-state index is -1.06. The highest BCUT2D eigenvalue weighted by molar-refractivity contribution is 6.01. The first kappa shape index (κ1) is 37.7. The minimum Gasteiger partial charge on any atom is -0.375 e. The van der Waals surface area contributed by atoms with Crippen molar-refractivity contribution >= 4 is 23.4 Å². The van der Waals surface area contributed by atoms with E-state index in [2.05, 4.69) is 20.9 Å². The number of benzene rings is 2. The molecule has 2 heterocycles. The zero-order valence-corrected chi connectivity index (χ0v) is 29.9. The lowest BCUT2D eigenvalue weighted by Gasteiger charge is -2.29. The number of amides is 3. The molecular formula is C37H52N6O6. The van der Waals surface area contributed by atoms with Gasteiger partial charge < -0.3 is 30.1 Å². The molecule has 3 aromatic rings. The van der Waals surface area contributed by atoms with Gasteiger partial charge in [-0.1, -0.05) is 61.5 Å². The first-order chi connectivity index (χ1) is 23.2. The third-order valence-electron chi connectivity index (χ3n) is 8.69. The van der Waals surface area contributed by atoms with E-state index in [0.717, 1.165) is 11.1 Å². The fraction of sp³-hybridized carbons (Fsp3) is 0.541. The molecule has 0 saturated carbocycles. The van der Waals surface area contributed by atoms with E-state index in [1.807, 2.05) is 97.0 Å². The summed E-state index contributed by atoms with van der Waals surface area (Å²) in [5, 5.41) is 25.6. The van der Waals surface area contributed by atoms with Crippen LogP contribution in [0.15, 0.2) is 48.5 Å². The molecule has 3 N–H and O–H groups in total. The second-order valence-corrected chi connectivity index (χ2v) is 13.9. The van der Waals surface area contributed by atoms with Crippen LogP contribution in [0.5, 0.6) is 0 Å². The van der Waals surface area contributed by atoms with Crippen LogP contribution in [-0.4, -0.2) is 75.8 Å². The number of carbonyl (C=O) groups excluding carboxylic acids is 3. The summed E-state index contributed by atoms with van der Waals surface area (Å²) in [5.74, 6) is -0.413. The largest absolute Gasteiger partial charge is 0.375 e. The Bertz CT molecular complexity index is 1600. The molecule has 1 unspecified atom stereocenters. The van der Waals surface area contributed by atoms with Crippen molar-refractivity contribution in [3.63, 3.8) is 0 Å². The maximum Gasteiger partial charge on any atom is 0.227 e. The average Bonchev–Trinajstić information content (AvgIpc) is 3.49. The number of carbonyl (C=O) groups is 3. The van der Waals surface area contributed by atoms with E-state index in [0.29, 0.717) is 55.2 Å². The molecule has 0 spiro atoms. The zero-order valence-electron chi connectivity index (χ0n) is 29.9. The summed E-state index contributed by atoms with van der Waals surface area (Å²) in [7, 11) is 0. The van der Waals surface area contributed by atoms with Crippen molar-refractivity contribution in [1.29, 1.82) is 0 Å². The zero-order chi connectivity index (χ0) is 35.8. The SMILES string of the molecule is CCNC(=O)C(C)(C)CCOC(C)(C)CCNC(=O)CCC(=O)N1Cc2ccccc2-c2c(nnn2C(O)COC(C)C)-c2ccccc21. The van der Waals surface area contributed by atoms with Crippen molar-refractivity contribution in [2.45, 2.75) is 98.6 Å². The first-order valence-corrected chi connectivity index (χ1v) is 17.2. The van der Waals surface area contributed by atoms with Crippen molar-refractivity contribution in [2.24, 2.45) is 5.41 Å². The predicted octanol–water partition coefficient (Wildman–Crippen LogP) is 5.01. The standard InChI is InChI=1S/C37H52N6O6/c1-8-38-35(47)36(4,5)20-22-49-37(6,7)19-21-39-30(44)17-18-31(45)42-23-26-13-9-10-14-27(26)34-33(28-15-11-12-16-29(28)42)40-41-43(34)32(46)24-48-25(2)3/h9-16,25,32,46H,8,17-24H2,1-7H3,(H,38,47)(H,39,44). The molecule has 0 saturated heterocycles. The summed E-state index contributed by atoms with van der Waals surface area (Å²) in [6, 6.07) is 15.2. The molecule has 0 aliphatic carbocycles. The average molecular weight is 677 g/mol. The van der Waals surface area contributed by atoms with Gasteiger partial charge in [-0.3, -0.25) is 14.4 Å². The van der Waals surface area contributed by atoms with Crippen molar-refractivity contribution in [3.8, 4) is 22.5 Å². The molecule has 12 nitrogen and oxygen atoms in total. The number of aromatic nitrogens is 3. The maximum absolute atomic E-state index is 13.8. The number of para-hydroxylation sites is 1. The third kappa shape index (κ3) is 9.74. The van der Waals surface area contributed by atoms with Gasteiger partial charge in [-0.15, -0.1) is 5.10 Å². The highest BCUT2D eigenvalue weighted by atomic mass is 16.5. The Morgan fingerprint density at radius 3 is 2.37 bits per heavy atom. The molecule has 2 aromatic carbocycles. The maximum atomic E-state index is 13.8. The quantitative estimate of drug-likeness (QED) is 0.192. The number of aliphatic hydroxyl groups is 1. The predicted molar refractivity (Wildman–Crippen MR) is 188 cm³/mol. The molecule has 1 atom stereocenters. The van der Waals surface area contributed by atoms with Gasteiger partial charge in [0.2, 0.25) is 17.7 Å². The van der Waals surface area contributed by atoms with Gasteiger partial charge in [-0.2, -0.15) is 0 Å². The van der Waals surface area contributed by atoms with Gasteiger partial charge in [0.15, 0.2) is 6.23 Å². The Morgan fingerprint density at radius 2 is 1.65 bits per heavy atom. The smallest absolute Gasteiger partial charge is 0.227 e. The normalized spacial score (nSPS) is 13.5. The Labute approximate surface area is 289 Å². The first-order valence-electron chi connectivity index (χ1n) is 17.2. The number of fused-ring (bicyclic) bond motifs is 5. The van der Waals surface area contributed by atoms with Gasteiger partial charge in [0.1, 0.15) is 11.4 Å². The number of rotatable bonds is 16. The second-order valence-electron chi connectivity index (χ2n) is 13.9. The Kier molecular flexibility index (Phi) is 12.7. The van der Waals surface area contributed by atoms with Crippen molar-refractivity contribution in [3.05, 3.63) is 54.1 Å². The van der Waals surface area contributed by atoms with Crippen LogP contribution in [0, 0.1) is 5.41 Å². The van der Waals surface area contributed by atoms with E-state index >= 15 is 0 Å². The lowest BCUT2D eigenvalue weighted by atomic mass is 9.88. The summed E-state index contributed by atoms with van der Waals surface area (Å²) in [6.45, 7) is 15.1. The monoisotopic (exact) mass is 676 g/mol. The summed E-state index contributed by atoms with van der Waals surface area (Å²) < 4.78 is 13.2. The molecule has 0 fully saturated rings. The number of ether oxygens (including phenoxy) is 2. The van der Waals surface area contributed by atoms with Crippen LogP contribution < -0.4 is 15.5 Å². The Hall–Kier alpha value is -4.13. The summed E-state index contributed by atoms with van der Waals surface area (Å²) in [5.41, 5.74) is 3.16. The molecule has 1 aliphatic heterocycles. The van der Waals surface area contributed by atoms with Gasteiger partial charge in [0.25, 0.3) is 0 Å². The second kappa shape index (κ2) is 16.5. The van der Waals surface area contributed by atoms with Crippen LogP contribution >= 0.6 is 0 Å². The van der Waals surface area contributed by atoms with Gasteiger partial charge >= 0.3 is 0 Å². The number of aliphatic hydroxyl groups excluding tert-OH is 1. The molecule has 0 bridgehead atoms. The van der Waals surface area contributed by atoms with Gasteiger partial charge in [-0.05, 0) is 59.1 Å². The summed E-state index contributed by atoms with van der Waals surface area (Å²) in [6.07, 6.45) is 0.0804. The molecule has 0 radical (unpaired) electrons. The fourth-order valence-corrected chi connectivity index (χ4v) is 5.67. The van der Waals surface area contributed by atoms with Crippen molar-refractivity contribution in [1.82, 2.24) is 25.6 Å². The lowest BCUT2D eigenvalue weighted by molar-refractivity contribution is -0.131. The number of nitrogens with zero attached hydrogens (tertiary/aromatic N) is 4. The minimum absolute atomic E-state index is 0.00192. The lowest BCUT2D eigenvalue weighted by Crippen LogP contribution is -2.39. The van der Waals surface area contributed by atoms with E-state index in [-0.39, 0.29) is 49.8 Å². The van der Waals surface area contributed by atoms with Crippen LogP contribution in [0.25, 0.3) is 22.5 Å². The van der Waals surface area contributed by atoms with Crippen molar-refractivity contribution in [2.75, 3.05) is 31.2 Å². The molecule has 1 aromatic heterocycles. The summed E-state index contributed by atoms with van der Waals surface area (Å²) in [4.78, 5) is 40.7. The van der Waals surface area contributed by atoms with Crippen molar-refractivity contribution < 1.29 is 29.0 Å². The molecule has 3 amide bonds. The van der Waals surface area contributed by atoms with E-state index in [1.165, 1.54) is 4.68 Å². The van der Waals surface area contributed by atoms with Crippen LogP contribution in [0.4, 0.5) is 5.69 Å². The molecule has 49 heavy (non-hydrogen) atoms. The number of hydrogen-bond acceptors (Lipinski definition) is 8. The number of hydrogen-bond donors (Lipinski definition) is 3. The molecule has 1 aliphatic rings. The highest BCUT2D eigenvalue weighted by Crippen LogP contribution is 2.41. The van der Waals surface area contributed by atoms with Gasteiger partial charge in [-0.25, -0.2) is 4.68 Å². The van der Waals surface area contributed by atoms with E-state index in [9.17, 15) is 19.5 Å². The highest BCUT2D eigenvalue weighted by Gasteiger charge is 2.31. The van der Waals surface area contributed by atoms with Crippen LogP contribution in [0.1, 0.15) is 85.9 Å². The fourth-order valence-electron chi connectivity index (χ4n) is 5.67.